The number of nitro benzene ring substituents is 1. The Morgan fingerprint density at radius 2 is 1.88 bits per heavy atom. The van der Waals surface area contributed by atoms with Crippen LogP contribution in [0.5, 0.6) is 0 Å². The standard InChI is InChI=1S/C16H13ClN2O5/c1-10(15(20)18-12-5-3-2-4-6-12)24-16(21)13-9-11(17)7-8-14(13)19(22)23/h2-10H,1H3,(H,18,20)/t10-/m1/s1. The number of amides is 1. The Bertz CT molecular complexity index is 779. The number of carbonyl (C=O) groups excluding carboxylic acids is 2. The van der Waals surface area contributed by atoms with Crippen molar-refractivity contribution in [3.8, 4) is 0 Å². The van der Waals surface area contributed by atoms with Crippen molar-refractivity contribution in [3.63, 3.8) is 0 Å². The zero-order valence-corrected chi connectivity index (χ0v) is 13.3. The number of hydrogen-bond donors (Lipinski definition) is 1. The zero-order chi connectivity index (χ0) is 17.7. The number of nitrogens with zero attached hydrogens (tertiary/aromatic N) is 1. The van der Waals surface area contributed by atoms with Crippen LogP contribution in [0.25, 0.3) is 0 Å². The molecule has 1 amide bonds. The molecule has 1 N–H and O–H groups in total. The van der Waals surface area contributed by atoms with Crippen molar-refractivity contribution in [1.82, 2.24) is 0 Å². The van der Waals surface area contributed by atoms with Gasteiger partial charge in [-0.1, -0.05) is 29.8 Å². The zero-order valence-electron chi connectivity index (χ0n) is 12.6. The molecule has 2 rings (SSSR count). The third kappa shape index (κ3) is 4.30. The normalized spacial score (nSPS) is 11.4. The van der Waals surface area contributed by atoms with Crippen molar-refractivity contribution in [2.24, 2.45) is 0 Å². The van der Waals surface area contributed by atoms with Crippen molar-refractivity contribution in [3.05, 3.63) is 69.2 Å². The van der Waals surface area contributed by atoms with Crippen LogP contribution >= 0.6 is 11.6 Å². The van der Waals surface area contributed by atoms with Gasteiger partial charge in [-0.15, -0.1) is 0 Å². The number of anilines is 1. The van der Waals surface area contributed by atoms with E-state index in [1.165, 1.54) is 13.0 Å². The number of esters is 1. The lowest BCUT2D eigenvalue weighted by Crippen LogP contribution is -2.30. The van der Waals surface area contributed by atoms with Crippen LogP contribution in [0.2, 0.25) is 5.02 Å². The molecule has 0 bridgehead atoms. The van der Waals surface area contributed by atoms with E-state index in [1.807, 2.05) is 0 Å². The number of nitrogens with one attached hydrogen (secondary N) is 1. The molecule has 0 aliphatic heterocycles. The molecule has 124 valence electrons. The lowest BCUT2D eigenvalue weighted by molar-refractivity contribution is -0.385. The summed E-state index contributed by atoms with van der Waals surface area (Å²) in [6, 6.07) is 12.1. The molecule has 0 saturated carbocycles. The Kier molecular flexibility index (Phi) is 5.49. The molecule has 0 aliphatic carbocycles. The average molecular weight is 349 g/mol. The highest BCUT2D eigenvalue weighted by Crippen LogP contribution is 2.24. The molecular weight excluding hydrogens is 336 g/mol. The molecule has 0 radical (unpaired) electrons. The molecule has 0 heterocycles. The van der Waals surface area contributed by atoms with E-state index in [2.05, 4.69) is 5.32 Å². The minimum atomic E-state index is -1.14. The van der Waals surface area contributed by atoms with Gasteiger partial charge in [-0.2, -0.15) is 0 Å². The van der Waals surface area contributed by atoms with Gasteiger partial charge in [-0.05, 0) is 31.2 Å². The quantitative estimate of drug-likeness (QED) is 0.507. The Morgan fingerprint density at radius 1 is 1.21 bits per heavy atom. The minimum absolute atomic E-state index is 0.147. The van der Waals surface area contributed by atoms with Gasteiger partial charge in [0.2, 0.25) is 0 Å². The van der Waals surface area contributed by atoms with E-state index in [-0.39, 0.29) is 10.6 Å². The summed E-state index contributed by atoms with van der Waals surface area (Å²) in [6.07, 6.45) is -1.14. The second-order valence-corrected chi connectivity index (χ2v) is 5.26. The van der Waals surface area contributed by atoms with E-state index >= 15 is 0 Å². The van der Waals surface area contributed by atoms with Gasteiger partial charge >= 0.3 is 5.97 Å². The van der Waals surface area contributed by atoms with E-state index < -0.39 is 28.6 Å². The van der Waals surface area contributed by atoms with Gasteiger partial charge in [0.25, 0.3) is 11.6 Å². The molecule has 0 spiro atoms. The van der Waals surface area contributed by atoms with Crippen LogP contribution in [0, 0.1) is 10.1 Å². The SMILES string of the molecule is C[C@@H](OC(=O)c1cc(Cl)ccc1[N+](=O)[O-])C(=O)Nc1ccccc1. The first-order valence-electron chi connectivity index (χ1n) is 6.89. The highest BCUT2D eigenvalue weighted by Gasteiger charge is 2.25. The summed E-state index contributed by atoms with van der Waals surface area (Å²) in [5.74, 6) is -1.56. The van der Waals surface area contributed by atoms with Crippen molar-refractivity contribution in [2.45, 2.75) is 13.0 Å². The maximum absolute atomic E-state index is 12.1. The molecule has 0 aliphatic rings. The molecule has 0 aromatic heterocycles. The Balaban J connectivity index is 2.10. The molecule has 1 atom stereocenters. The van der Waals surface area contributed by atoms with E-state index in [1.54, 1.807) is 30.3 Å². The first-order chi connectivity index (χ1) is 11.4. The predicted molar refractivity (Wildman–Crippen MR) is 88.1 cm³/mol. The molecule has 0 unspecified atom stereocenters. The number of benzene rings is 2. The fourth-order valence-electron chi connectivity index (χ4n) is 1.87. The summed E-state index contributed by atoms with van der Waals surface area (Å²) in [5.41, 5.74) is -0.217. The molecule has 2 aromatic carbocycles. The van der Waals surface area contributed by atoms with Crippen molar-refractivity contribution >= 4 is 34.9 Å². The lowest BCUT2D eigenvalue weighted by atomic mass is 10.2. The van der Waals surface area contributed by atoms with Gasteiger partial charge in [0.15, 0.2) is 6.10 Å². The molecular formula is C16H13ClN2O5. The highest BCUT2D eigenvalue weighted by molar-refractivity contribution is 6.31. The van der Waals surface area contributed by atoms with Crippen LogP contribution in [-0.4, -0.2) is 22.9 Å². The molecule has 8 heteroatoms. The van der Waals surface area contributed by atoms with Gasteiger partial charge in [0.05, 0.1) is 4.92 Å². The van der Waals surface area contributed by atoms with E-state index in [0.717, 1.165) is 12.1 Å². The fourth-order valence-corrected chi connectivity index (χ4v) is 2.05. The van der Waals surface area contributed by atoms with E-state index in [4.69, 9.17) is 16.3 Å². The van der Waals surface area contributed by atoms with Crippen LogP contribution in [0.1, 0.15) is 17.3 Å². The van der Waals surface area contributed by atoms with Crippen LogP contribution in [0.4, 0.5) is 11.4 Å². The monoisotopic (exact) mass is 348 g/mol. The van der Waals surface area contributed by atoms with Gasteiger partial charge < -0.3 is 10.1 Å². The van der Waals surface area contributed by atoms with Gasteiger partial charge in [-0.3, -0.25) is 14.9 Å². The highest BCUT2D eigenvalue weighted by atomic mass is 35.5. The number of nitro groups is 1. The topological polar surface area (TPSA) is 98.5 Å². The van der Waals surface area contributed by atoms with Crippen molar-refractivity contribution in [1.29, 1.82) is 0 Å². The number of rotatable bonds is 5. The van der Waals surface area contributed by atoms with E-state index in [9.17, 15) is 19.7 Å². The number of ether oxygens (including phenoxy) is 1. The molecule has 24 heavy (non-hydrogen) atoms. The number of carbonyl (C=O) groups is 2. The van der Waals surface area contributed by atoms with Crippen LogP contribution < -0.4 is 5.32 Å². The van der Waals surface area contributed by atoms with Crippen LogP contribution in [-0.2, 0) is 9.53 Å². The summed E-state index contributed by atoms with van der Waals surface area (Å²) in [5, 5.41) is 13.7. The first-order valence-corrected chi connectivity index (χ1v) is 7.27. The van der Waals surface area contributed by atoms with Crippen molar-refractivity contribution in [2.75, 3.05) is 5.32 Å². The smallest absolute Gasteiger partial charge is 0.345 e. The Labute approximate surface area is 142 Å². The third-order valence-corrected chi connectivity index (χ3v) is 3.30. The van der Waals surface area contributed by atoms with E-state index in [0.29, 0.717) is 5.69 Å². The van der Waals surface area contributed by atoms with Crippen LogP contribution in [0.3, 0.4) is 0 Å². The average Bonchev–Trinajstić information content (AvgIpc) is 2.55. The molecule has 0 fully saturated rings. The first kappa shape index (κ1) is 17.4. The maximum atomic E-state index is 12.1. The molecule has 0 saturated heterocycles. The van der Waals surface area contributed by atoms with Crippen LogP contribution in [0.15, 0.2) is 48.5 Å². The summed E-state index contributed by atoms with van der Waals surface area (Å²) in [6.45, 7) is 1.37. The third-order valence-electron chi connectivity index (χ3n) is 3.07. The van der Waals surface area contributed by atoms with Gasteiger partial charge in [-0.25, -0.2) is 4.79 Å². The summed E-state index contributed by atoms with van der Waals surface area (Å²) in [7, 11) is 0. The minimum Gasteiger partial charge on any atom is -0.449 e. The maximum Gasteiger partial charge on any atom is 0.345 e. The largest absolute Gasteiger partial charge is 0.449 e. The number of halogens is 1. The Hall–Kier alpha value is -2.93. The number of para-hydroxylation sites is 1. The molecule has 2 aromatic rings. The van der Waals surface area contributed by atoms with Crippen molar-refractivity contribution < 1.29 is 19.2 Å². The summed E-state index contributed by atoms with van der Waals surface area (Å²) < 4.78 is 5.00. The van der Waals surface area contributed by atoms with Gasteiger partial charge in [0, 0.05) is 16.8 Å². The summed E-state index contributed by atoms with van der Waals surface area (Å²) in [4.78, 5) is 34.4. The predicted octanol–water partition coefficient (Wildman–Crippen LogP) is 3.43. The Morgan fingerprint density at radius 3 is 2.50 bits per heavy atom. The molecule has 7 nitrogen and oxygen atoms in total. The van der Waals surface area contributed by atoms with Gasteiger partial charge in [0.1, 0.15) is 5.56 Å². The number of hydrogen-bond acceptors (Lipinski definition) is 5. The second-order valence-electron chi connectivity index (χ2n) is 4.82. The second kappa shape index (κ2) is 7.56. The lowest BCUT2D eigenvalue weighted by Gasteiger charge is -2.13. The fraction of sp³-hybridized carbons (Fsp3) is 0.125. The summed E-state index contributed by atoms with van der Waals surface area (Å²) >= 11 is 5.76.